The van der Waals surface area contributed by atoms with Crippen LogP contribution in [0.5, 0.6) is 0 Å². The van der Waals surface area contributed by atoms with E-state index in [2.05, 4.69) is 31.4 Å². The zero-order valence-electron chi connectivity index (χ0n) is 18.6. The number of carbonyl (C=O) groups is 2. The van der Waals surface area contributed by atoms with E-state index in [1.165, 1.54) is 5.56 Å². The summed E-state index contributed by atoms with van der Waals surface area (Å²) in [5, 5.41) is 6.17. The van der Waals surface area contributed by atoms with Crippen LogP contribution in [0.3, 0.4) is 0 Å². The summed E-state index contributed by atoms with van der Waals surface area (Å²) in [5.74, 6) is 0.585. The predicted molar refractivity (Wildman–Crippen MR) is 127 cm³/mol. The summed E-state index contributed by atoms with van der Waals surface area (Å²) in [7, 11) is 0. The first-order valence-corrected chi connectivity index (χ1v) is 10.8. The lowest BCUT2D eigenvalue weighted by molar-refractivity contribution is -0.114. The SMILES string of the molecule is CC(C)(C)c1ccc(C(=O)Nc2ccc(CC3NC3C(=O)C=Cc3ccco3)cc2)cc1. The molecule has 0 radical (unpaired) electrons. The second kappa shape index (κ2) is 8.97. The second-order valence-electron chi connectivity index (χ2n) is 9.18. The van der Waals surface area contributed by atoms with Crippen molar-refractivity contribution in [2.75, 3.05) is 5.32 Å². The maximum absolute atomic E-state index is 12.5. The van der Waals surface area contributed by atoms with Gasteiger partial charge in [-0.25, -0.2) is 0 Å². The van der Waals surface area contributed by atoms with Gasteiger partial charge in [0.2, 0.25) is 0 Å². The first kappa shape index (κ1) is 21.8. The Labute approximate surface area is 188 Å². The van der Waals surface area contributed by atoms with E-state index < -0.39 is 0 Å². The molecule has 32 heavy (non-hydrogen) atoms. The number of ketones is 1. The topological polar surface area (TPSA) is 81.3 Å². The Bertz CT molecular complexity index is 1110. The van der Waals surface area contributed by atoms with Crippen molar-refractivity contribution >= 4 is 23.5 Å². The molecule has 1 aliphatic heterocycles. The van der Waals surface area contributed by atoms with Crippen LogP contribution >= 0.6 is 0 Å². The number of nitrogens with one attached hydrogen (secondary N) is 2. The van der Waals surface area contributed by atoms with E-state index in [0.29, 0.717) is 11.3 Å². The number of furan rings is 1. The molecule has 1 aliphatic rings. The minimum absolute atomic E-state index is 0.0489. The van der Waals surface area contributed by atoms with Crippen LogP contribution in [0.15, 0.2) is 77.4 Å². The number of carbonyl (C=O) groups excluding carboxylic acids is 2. The number of anilines is 1. The van der Waals surface area contributed by atoms with Gasteiger partial charge in [0, 0.05) is 17.3 Å². The average molecular weight is 429 g/mol. The minimum Gasteiger partial charge on any atom is -0.465 e. The molecular formula is C27H28N2O3. The van der Waals surface area contributed by atoms with Crippen molar-refractivity contribution in [3.8, 4) is 0 Å². The molecule has 0 bridgehead atoms. The van der Waals surface area contributed by atoms with Crippen molar-refractivity contribution in [2.45, 2.75) is 44.7 Å². The van der Waals surface area contributed by atoms with Crippen LogP contribution in [-0.4, -0.2) is 23.8 Å². The summed E-state index contributed by atoms with van der Waals surface area (Å²) in [6, 6.07) is 19.1. The molecule has 4 rings (SSSR count). The Morgan fingerprint density at radius 3 is 2.38 bits per heavy atom. The van der Waals surface area contributed by atoms with E-state index in [9.17, 15) is 9.59 Å². The lowest BCUT2D eigenvalue weighted by Crippen LogP contribution is -2.14. The van der Waals surface area contributed by atoms with E-state index in [1.54, 1.807) is 24.5 Å². The van der Waals surface area contributed by atoms with Crippen molar-refractivity contribution in [1.29, 1.82) is 0 Å². The van der Waals surface area contributed by atoms with Crippen LogP contribution in [0.2, 0.25) is 0 Å². The molecule has 1 fully saturated rings. The van der Waals surface area contributed by atoms with Crippen LogP contribution in [0.25, 0.3) is 6.08 Å². The summed E-state index contributed by atoms with van der Waals surface area (Å²) >= 11 is 0. The molecule has 1 amide bonds. The molecule has 3 aromatic rings. The zero-order valence-corrected chi connectivity index (χ0v) is 18.6. The van der Waals surface area contributed by atoms with E-state index in [1.807, 2.05) is 54.6 Å². The fourth-order valence-corrected chi connectivity index (χ4v) is 3.59. The molecule has 5 nitrogen and oxygen atoms in total. The Kier molecular flexibility index (Phi) is 6.10. The predicted octanol–water partition coefficient (Wildman–Crippen LogP) is 4.99. The van der Waals surface area contributed by atoms with E-state index in [-0.39, 0.29) is 29.2 Å². The molecule has 2 aromatic carbocycles. The van der Waals surface area contributed by atoms with Gasteiger partial charge >= 0.3 is 0 Å². The van der Waals surface area contributed by atoms with Crippen molar-refractivity contribution < 1.29 is 14.0 Å². The van der Waals surface area contributed by atoms with Crippen molar-refractivity contribution in [3.05, 3.63) is 95.5 Å². The smallest absolute Gasteiger partial charge is 0.255 e. The van der Waals surface area contributed by atoms with Gasteiger partial charge in [-0.3, -0.25) is 9.59 Å². The van der Waals surface area contributed by atoms with Gasteiger partial charge in [0.15, 0.2) is 5.78 Å². The summed E-state index contributed by atoms with van der Waals surface area (Å²) in [6.45, 7) is 6.45. The van der Waals surface area contributed by atoms with Gasteiger partial charge in [0.05, 0.1) is 12.3 Å². The number of amides is 1. The maximum Gasteiger partial charge on any atom is 0.255 e. The van der Waals surface area contributed by atoms with Crippen molar-refractivity contribution in [1.82, 2.24) is 5.32 Å². The van der Waals surface area contributed by atoms with E-state index in [4.69, 9.17) is 4.42 Å². The van der Waals surface area contributed by atoms with E-state index in [0.717, 1.165) is 17.7 Å². The number of rotatable bonds is 7. The Hall–Kier alpha value is -3.44. The van der Waals surface area contributed by atoms with Gasteiger partial charge < -0.3 is 15.1 Å². The Morgan fingerprint density at radius 2 is 1.75 bits per heavy atom. The highest BCUT2D eigenvalue weighted by atomic mass is 16.3. The summed E-state index contributed by atoms with van der Waals surface area (Å²) in [5.41, 5.74) is 3.74. The largest absolute Gasteiger partial charge is 0.465 e. The summed E-state index contributed by atoms with van der Waals surface area (Å²) < 4.78 is 5.20. The van der Waals surface area contributed by atoms with Gasteiger partial charge in [-0.15, -0.1) is 0 Å². The van der Waals surface area contributed by atoms with Crippen LogP contribution in [0.1, 0.15) is 48.0 Å². The highest BCUT2D eigenvalue weighted by molar-refractivity contribution is 6.04. The molecule has 0 aliphatic carbocycles. The highest BCUT2D eigenvalue weighted by Gasteiger charge is 2.40. The molecule has 1 aromatic heterocycles. The third kappa shape index (κ3) is 5.42. The Morgan fingerprint density at radius 1 is 1.03 bits per heavy atom. The molecule has 0 saturated carbocycles. The fraction of sp³-hybridized carbons (Fsp3) is 0.259. The van der Waals surface area contributed by atoms with Gasteiger partial charge in [-0.1, -0.05) is 45.0 Å². The Balaban J connectivity index is 1.28. The first-order valence-electron chi connectivity index (χ1n) is 10.8. The van der Waals surface area contributed by atoms with Crippen LogP contribution in [0.4, 0.5) is 5.69 Å². The second-order valence-corrected chi connectivity index (χ2v) is 9.18. The van der Waals surface area contributed by atoms with Gasteiger partial charge in [-0.2, -0.15) is 0 Å². The zero-order chi connectivity index (χ0) is 22.7. The van der Waals surface area contributed by atoms with Gasteiger partial charge in [0.1, 0.15) is 5.76 Å². The van der Waals surface area contributed by atoms with Crippen molar-refractivity contribution in [3.63, 3.8) is 0 Å². The normalized spacial score (nSPS) is 18.0. The highest BCUT2D eigenvalue weighted by Crippen LogP contribution is 2.23. The molecule has 2 N–H and O–H groups in total. The lowest BCUT2D eigenvalue weighted by Gasteiger charge is -2.19. The molecule has 0 spiro atoms. The number of hydrogen-bond donors (Lipinski definition) is 2. The molecule has 2 heterocycles. The molecule has 2 atom stereocenters. The van der Waals surface area contributed by atoms with Gasteiger partial charge in [0.25, 0.3) is 5.91 Å². The van der Waals surface area contributed by atoms with Crippen LogP contribution in [0, 0.1) is 0 Å². The third-order valence-corrected chi connectivity index (χ3v) is 5.63. The van der Waals surface area contributed by atoms with Crippen molar-refractivity contribution in [2.24, 2.45) is 0 Å². The first-order chi connectivity index (χ1) is 15.3. The third-order valence-electron chi connectivity index (χ3n) is 5.63. The maximum atomic E-state index is 12.5. The average Bonchev–Trinajstić information content (AvgIpc) is 3.33. The summed E-state index contributed by atoms with van der Waals surface area (Å²) in [4.78, 5) is 24.8. The quantitative estimate of drug-likeness (QED) is 0.410. The number of benzene rings is 2. The molecule has 5 heteroatoms. The molecule has 164 valence electrons. The monoisotopic (exact) mass is 428 g/mol. The fourth-order valence-electron chi connectivity index (χ4n) is 3.59. The summed E-state index contributed by atoms with van der Waals surface area (Å²) in [6.07, 6.45) is 5.58. The molecule has 1 saturated heterocycles. The van der Waals surface area contributed by atoms with Crippen LogP contribution < -0.4 is 10.6 Å². The molecule has 2 unspecified atom stereocenters. The molecular weight excluding hydrogens is 400 g/mol. The standard InChI is InChI=1S/C27H28N2O3/c1-27(2,3)20-10-8-19(9-11-20)26(31)28-21-12-6-18(7-13-21)17-23-25(29-23)24(30)15-14-22-5-4-16-32-22/h4-16,23,25,29H,17H2,1-3H3,(H,28,31). The van der Waals surface area contributed by atoms with Crippen LogP contribution in [-0.2, 0) is 16.6 Å². The van der Waals surface area contributed by atoms with E-state index >= 15 is 0 Å². The minimum atomic E-state index is -0.156. The van der Waals surface area contributed by atoms with Gasteiger partial charge in [-0.05, 0) is 71.5 Å². The lowest BCUT2D eigenvalue weighted by atomic mass is 9.87. The number of hydrogen-bond acceptors (Lipinski definition) is 4.